The number of pyridine rings is 2. The average Bonchev–Trinajstić information content (AvgIpc) is 3.61. The molecule has 0 bridgehead atoms. The third-order valence-electron chi connectivity index (χ3n) is 7.24. The Bertz CT molecular complexity index is 1930. The zero-order valence-corrected chi connectivity index (χ0v) is 22.2. The number of nitrogens with zero attached hydrogens (tertiary/aromatic N) is 2. The maximum atomic E-state index is 13.6. The minimum atomic E-state index is -0.991. The Balaban J connectivity index is 1.19. The van der Waals surface area contributed by atoms with Crippen LogP contribution in [-0.2, 0) is 13.1 Å². The number of carbonyl (C=O) groups is 1. The fourth-order valence-electron chi connectivity index (χ4n) is 5.08. The van der Waals surface area contributed by atoms with Crippen LogP contribution in [0.25, 0.3) is 27.7 Å². The number of nitrogens with one attached hydrogen (secondary N) is 2. The molecule has 1 aliphatic rings. The molecule has 0 unspecified atom stereocenters. The van der Waals surface area contributed by atoms with Gasteiger partial charge >= 0.3 is 0 Å². The second kappa shape index (κ2) is 10.8. The van der Waals surface area contributed by atoms with E-state index in [0.717, 1.165) is 51.8 Å². The maximum Gasteiger partial charge on any atom is 0.263 e. The molecule has 2 N–H and O–H groups in total. The smallest absolute Gasteiger partial charge is 0.263 e. The molecule has 2 aromatic carbocycles. The summed E-state index contributed by atoms with van der Waals surface area (Å²) < 4.78 is 28.2. The molecule has 6 rings (SSSR count). The highest BCUT2D eigenvalue weighted by atomic mass is 19.2. The number of benzene rings is 2. The first kappa shape index (κ1) is 26.1. The van der Waals surface area contributed by atoms with Crippen LogP contribution < -0.4 is 10.9 Å². The third kappa shape index (κ3) is 5.36. The van der Waals surface area contributed by atoms with Gasteiger partial charge in [-0.2, -0.15) is 0 Å². The topological polar surface area (TPSA) is 79.8 Å². The van der Waals surface area contributed by atoms with Gasteiger partial charge in [-0.25, -0.2) is 13.8 Å². The number of fused-ring (bicyclic) bond motifs is 1. The molecule has 0 aliphatic heterocycles. The van der Waals surface area contributed by atoms with E-state index in [0.29, 0.717) is 5.56 Å². The standard InChI is InChI=1S/C33H26F2N4O2/c1-20-7-9-23(12-20)25-15-27-28(18-37-31(27)36-17-25)24-5-2-4-21(13-24)16-38-32(40)26-6-3-11-39(33(26)41)19-22-8-10-29(34)30(35)14-22/h2-8,10-15,17-18H,9,16,19H2,1H3,(H,36,37)(H,38,40). The predicted octanol–water partition coefficient (Wildman–Crippen LogP) is 6.38. The lowest BCUT2D eigenvalue weighted by Crippen LogP contribution is -2.32. The van der Waals surface area contributed by atoms with Gasteiger partial charge in [-0.05, 0) is 77.6 Å². The maximum absolute atomic E-state index is 13.6. The number of H-pyrrole nitrogens is 1. The van der Waals surface area contributed by atoms with Crippen molar-refractivity contribution in [2.75, 3.05) is 0 Å². The fourth-order valence-corrected chi connectivity index (χ4v) is 5.08. The lowest BCUT2D eigenvalue weighted by Gasteiger charge is -2.10. The van der Waals surface area contributed by atoms with Gasteiger partial charge in [0.1, 0.15) is 11.2 Å². The van der Waals surface area contributed by atoms with Crippen molar-refractivity contribution in [3.8, 4) is 11.1 Å². The van der Waals surface area contributed by atoms with Crippen molar-refractivity contribution in [2.24, 2.45) is 0 Å². The van der Waals surface area contributed by atoms with Crippen LogP contribution >= 0.6 is 0 Å². The van der Waals surface area contributed by atoms with E-state index in [1.165, 1.54) is 34.0 Å². The van der Waals surface area contributed by atoms with Crippen molar-refractivity contribution in [2.45, 2.75) is 26.4 Å². The molecule has 0 saturated carbocycles. The predicted molar refractivity (Wildman–Crippen MR) is 155 cm³/mol. The molecule has 0 saturated heterocycles. The van der Waals surface area contributed by atoms with Crippen LogP contribution in [0.2, 0.25) is 0 Å². The molecule has 41 heavy (non-hydrogen) atoms. The van der Waals surface area contributed by atoms with Crippen molar-refractivity contribution in [1.82, 2.24) is 19.9 Å². The van der Waals surface area contributed by atoms with Crippen LogP contribution in [0.4, 0.5) is 8.78 Å². The lowest BCUT2D eigenvalue weighted by atomic mass is 10.0. The molecular formula is C33H26F2N4O2. The summed E-state index contributed by atoms with van der Waals surface area (Å²) in [4.78, 5) is 33.8. The zero-order chi connectivity index (χ0) is 28.5. The normalized spacial score (nSPS) is 12.9. The van der Waals surface area contributed by atoms with E-state index in [9.17, 15) is 18.4 Å². The fraction of sp³-hybridized carbons (Fsp3) is 0.121. The summed E-state index contributed by atoms with van der Waals surface area (Å²) >= 11 is 0. The van der Waals surface area contributed by atoms with E-state index in [2.05, 4.69) is 40.4 Å². The first-order valence-corrected chi connectivity index (χ1v) is 13.2. The monoisotopic (exact) mass is 548 g/mol. The Kier molecular flexibility index (Phi) is 6.89. The van der Waals surface area contributed by atoms with E-state index < -0.39 is 23.1 Å². The average molecular weight is 549 g/mol. The summed E-state index contributed by atoms with van der Waals surface area (Å²) in [6, 6.07) is 16.5. The highest BCUT2D eigenvalue weighted by molar-refractivity contribution is 5.96. The summed E-state index contributed by atoms with van der Waals surface area (Å²) in [7, 11) is 0. The lowest BCUT2D eigenvalue weighted by molar-refractivity contribution is 0.0948. The van der Waals surface area contributed by atoms with Crippen molar-refractivity contribution < 1.29 is 13.6 Å². The van der Waals surface area contributed by atoms with Crippen molar-refractivity contribution >= 4 is 22.5 Å². The molecule has 3 heterocycles. The van der Waals surface area contributed by atoms with E-state index in [-0.39, 0.29) is 18.7 Å². The minimum Gasteiger partial charge on any atom is -0.348 e. The van der Waals surface area contributed by atoms with Crippen molar-refractivity contribution in [1.29, 1.82) is 0 Å². The van der Waals surface area contributed by atoms with Crippen LogP contribution in [0.1, 0.15) is 40.4 Å². The third-order valence-corrected chi connectivity index (χ3v) is 7.24. The van der Waals surface area contributed by atoms with Crippen LogP contribution in [0.3, 0.4) is 0 Å². The Morgan fingerprint density at radius 1 is 1.02 bits per heavy atom. The molecule has 3 aromatic heterocycles. The number of aromatic nitrogens is 3. The number of halogens is 2. The second-order valence-electron chi connectivity index (χ2n) is 10.1. The Hall–Kier alpha value is -5.11. The molecule has 0 fully saturated rings. The Morgan fingerprint density at radius 3 is 2.71 bits per heavy atom. The second-order valence-corrected chi connectivity index (χ2v) is 10.1. The summed E-state index contributed by atoms with van der Waals surface area (Å²) in [5.41, 5.74) is 7.09. The SMILES string of the molecule is CC1=CCC(c2cnc3[nH]cc(-c4cccc(CNC(=O)c5cccn(Cc6ccc(F)c(F)c6)c5=O)c4)c3c2)=C1. The molecule has 0 radical (unpaired) electrons. The molecule has 1 amide bonds. The van der Waals surface area contributed by atoms with Crippen LogP contribution in [-0.4, -0.2) is 20.4 Å². The Labute approximate surface area is 234 Å². The van der Waals surface area contributed by atoms with E-state index in [1.807, 2.05) is 36.7 Å². The number of rotatable bonds is 7. The number of carbonyl (C=O) groups excluding carboxylic acids is 1. The van der Waals surface area contributed by atoms with Gasteiger partial charge in [0, 0.05) is 36.1 Å². The summed E-state index contributed by atoms with van der Waals surface area (Å²) in [5.74, 6) is -2.47. The van der Waals surface area contributed by atoms with Crippen LogP contribution in [0.5, 0.6) is 0 Å². The van der Waals surface area contributed by atoms with Crippen molar-refractivity contribution in [3.05, 3.63) is 141 Å². The number of allylic oxidation sites excluding steroid dienone is 4. The number of hydrogen-bond donors (Lipinski definition) is 2. The van der Waals surface area contributed by atoms with E-state index in [1.54, 1.807) is 6.07 Å². The summed E-state index contributed by atoms with van der Waals surface area (Å²) in [6.07, 6.45) is 10.6. The summed E-state index contributed by atoms with van der Waals surface area (Å²) in [6.45, 7) is 2.32. The first-order valence-electron chi connectivity index (χ1n) is 13.2. The molecule has 204 valence electrons. The highest BCUT2D eigenvalue weighted by Crippen LogP contribution is 2.33. The first-order chi connectivity index (χ1) is 19.9. The minimum absolute atomic E-state index is 0.00773. The molecular weight excluding hydrogens is 522 g/mol. The van der Waals surface area contributed by atoms with E-state index in [4.69, 9.17) is 0 Å². The number of aromatic amines is 1. The molecule has 0 spiro atoms. The van der Waals surface area contributed by atoms with E-state index >= 15 is 0 Å². The summed E-state index contributed by atoms with van der Waals surface area (Å²) in [5, 5.41) is 3.84. The van der Waals surface area contributed by atoms with Gasteiger partial charge in [-0.1, -0.05) is 42.0 Å². The van der Waals surface area contributed by atoms with Crippen LogP contribution in [0.15, 0.2) is 102 Å². The highest BCUT2D eigenvalue weighted by Gasteiger charge is 2.15. The molecule has 1 aliphatic carbocycles. The van der Waals surface area contributed by atoms with Gasteiger partial charge in [-0.15, -0.1) is 0 Å². The van der Waals surface area contributed by atoms with Crippen LogP contribution in [0, 0.1) is 11.6 Å². The molecule has 8 heteroatoms. The van der Waals surface area contributed by atoms with Gasteiger partial charge in [0.2, 0.25) is 0 Å². The Morgan fingerprint density at radius 2 is 1.90 bits per heavy atom. The molecule has 6 nitrogen and oxygen atoms in total. The van der Waals surface area contributed by atoms with Crippen molar-refractivity contribution in [3.63, 3.8) is 0 Å². The van der Waals surface area contributed by atoms with Gasteiger partial charge < -0.3 is 14.9 Å². The van der Waals surface area contributed by atoms with Gasteiger partial charge in [0.25, 0.3) is 11.5 Å². The molecule has 5 aromatic rings. The largest absolute Gasteiger partial charge is 0.348 e. The van der Waals surface area contributed by atoms with Gasteiger partial charge in [0.05, 0.1) is 6.54 Å². The number of amides is 1. The van der Waals surface area contributed by atoms with Gasteiger partial charge in [-0.3, -0.25) is 9.59 Å². The zero-order valence-electron chi connectivity index (χ0n) is 22.2. The van der Waals surface area contributed by atoms with Gasteiger partial charge in [0.15, 0.2) is 11.6 Å². The number of hydrogen-bond acceptors (Lipinski definition) is 3. The quantitative estimate of drug-likeness (QED) is 0.248. The molecule has 0 atom stereocenters.